The van der Waals surface area contributed by atoms with Gasteiger partial charge in [0, 0.05) is 52.5 Å². The van der Waals surface area contributed by atoms with Crippen molar-refractivity contribution in [3.05, 3.63) is 0 Å². The zero-order valence-electron chi connectivity index (χ0n) is 19.9. The Morgan fingerprint density at radius 2 is 0.867 bits per heavy atom. The summed E-state index contributed by atoms with van der Waals surface area (Å²) >= 11 is 0. The molecule has 0 saturated heterocycles. The summed E-state index contributed by atoms with van der Waals surface area (Å²) in [4.78, 5) is 0. The molecule has 30 heavy (non-hydrogen) atoms. The van der Waals surface area contributed by atoms with Gasteiger partial charge in [-0.1, -0.05) is 0 Å². The number of hydrogen-bond acceptors (Lipinski definition) is 10. The standard InChI is InChI=1S/C18H42O6S4Si2/c1-7-19-15(13-17(29,21-9-3)22-10-4)25-27-28-26-16(20-8-2)14-18(30,23-11-5)24-12-6/h15-16H,7-14H2,1-6,29-30H3. The summed E-state index contributed by atoms with van der Waals surface area (Å²) in [6, 6.07) is 0. The number of rotatable bonds is 21. The summed E-state index contributed by atoms with van der Waals surface area (Å²) in [6.07, 6.45) is 1.45. The Morgan fingerprint density at radius 3 is 1.10 bits per heavy atom. The molecule has 0 aliphatic rings. The molecule has 0 aliphatic carbocycles. The van der Waals surface area contributed by atoms with Crippen LogP contribution in [-0.4, -0.2) is 81.8 Å². The summed E-state index contributed by atoms with van der Waals surface area (Å²) < 4.78 is 35.5. The lowest BCUT2D eigenvalue weighted by molar-refractivity contribution is -0.185. The van der Waals surface area contributed by atoms with E-state index in [0.717, 1.165) is 33.3 Å². The largest absolute Gasteiger partial charge is 0.367 e. The van der Waals surface area contributed by atoms with Crippen molar-refractivity contribution in [2.45, 2.75) is 76.1 Å². The SMILES string of the molecule is CCOC(CC([SiH3])(OCC)OCC)SSSSC(CC([SiH3])(OCC)OCC)OCC. The Bertz CT molecular complexity index is 367. The van der Waals surface area contributed by atoms with Crippen LogP contribution in [0.15, 0.2) is 0 Å². The van der Waals surface area contributed by atoms with Gasteiger partial charge in [0.2, 0.25) is 0 Å². The van der Waals surface area contributed by atoms with Crippen LogP contribution in [0.25, 0.3) is 0 Å². The van der Waals surface area contributed by atoms with Crippen LogP contribution in [0.5, 0.6) is 0 Å². The quantitative estimate of drug-likeness (QED) is 0.0941. The zero-order valence-corrected chi connectivity index (χ0v) is 27.2. The van der Waals surface area contributed by atoms with Gasteiger partial charge >= 0.3 is 0 Å². The summed E-state index contributed by atoms with van der Waals surface area (Å²) in [6.45, 7) is 16.0. The van der Waals surface area contributed by atoms with Gasteiger partial charge in [0.25, 0.3) is 0 Å². The summed E-state index contributed by atoms with van der Waals surface area (Å²) in [7, 11) is 8.43. The fourth-order valence-electron chi connectivity index (χ4n) is 2.88. The monoisotopic (exact) mass is 538 g/mol. The fourth-order valence-corrected chi connectivity index (χ4v) is 12.1. The van der Waals surface area contributed by atoms with Crippen LogP contribution in [0, 0.1) is 0 Å². The van der Waals surface area contributed by atoms with Gasteiger partial charge in [-0.3, -0.25) is 0 Å². The molecule has 0 heterocycles. The first-order chi connectivity index (χ1) is 14.3. The van der Waals surface area contributed by atoms with Gasteiger partial charge in [-0.2, -0.15) is 0 Å². The normalized spacial score (nSPS) is 15.0. The Balaban J connectivity index is 4.68. The minimum atomic E-state index is -0.496. The van der Waals surface area contributed by atoms with E-state index in [1.807, 2.05) is 41.5 Å². The second-order valence-corrected chi connectivity index (χ2v) is 15.7. The zero-order chi connectivity index (χ0) is 22.9. The van der Waals surface area contributed by atoms with Gasteiger partial charge in [0.05, 0.1) is 20.5 Å². The van der Waals surface area contributed by atoms with Gasteiger partial charge in [-0.15, -0.1) is 0 Å². The van der Waals surface area contributed by atoms with Crippen LogP contribution in [0.3, 0.4) is 0 Å². The van der Waals surface area contributed by atoms with Crippen LogP contribution >= 0.6 is 41.2 Å². The Kier molecular flexibility index (Phi) is 20.0. The first-order valence-corrected chi connectivity index (χ1v) is 17.7. The molecule has 0 saturated carbocycles. The van der Waals surface area contributed by atoms with Crippen LogP contribution in [0.2, 0.25) is 0 Å². The second kappa shape index (κ2) is 19.0. The molecule has 0 aliphatic heterocycles. The van der Waals surface area contributed by atoms with E-state index < -0.39 is 10.8 Å². The van der Waals surface area contributed by atoms with Crippen molar-refractivity contribution in [2.24, 2.45) is 0 Å². The van der Waals surface area contributed by atoms with Crippen LogP contribution in [0.4, 0.5) is 0 Å². The highest BCUT2D eigenvalue weighted by Gasteiger charge is 2.32. The highest BCUT2D eigenvalue weighted by Crippen LogP contribution is 2.49. The second-order valence-electron chi connectivity index (χ2n) is 6.51. The van der Waals surface area contributed by atoms with Crippen molar-refractivity contribution in [1.82, 2.24) is 0 Å². The minimum absolute atomic E-state index is 0.0127. The maximum absolute atomic E-state index is 5.95. The van der Waals surface area contributed by atoms with Crippen molar-refractivity contribution >= 4 is 61.7 Å². The lowest BCUT2D eigenvalue weighted by atomic mass is 10.4. The van der Waals surface area contributed by atoms with Crippen molar-refractivity contribution in [2.75, 3.05) is 39.6 Å². The van der Waals surface area contributed by atoms with Crippen LogP contribution < -0.4 is 0 Å². The molecule has 0 aromatic rings. The molecule has 0 fully saturated rings. The molecule has 0 rings (SSSR count). The third-order valence-electron chi connectivity index (χ3n) is 3.90. The smallest absolute Gasteiger partial charge is 0.144 e. The molecule has 2 unspecified atom stereocenters. The molecule has 0 bridgehead atoms. The predicted octanol–water partition coefficient (Wildman–Crippen LogP) is 3.35. The van der Waals surface area contributed by atoms with Gasteiger partial charge in [0.1, 0.15) is 21.7 Å². The Labute approximate surface area is 205 Å². The van der Waals surface area contributed by atoms with Gasteiger partial charge in [-0.05, 0) is 82.8 Å². The summed E-state index contributed by atoms with van der Waals surface area (Å²) in [5.74, 6) is 0. The van der Waals surface area contributed by atoms with Crippen LogP contribution in [0.1, 0.15) is 54.4 Å². The lowest BCUT2D eigenvalue weighted by Gasteiger charge is -2.33. The topological polar surface area (TPSA) is 55.4 Å². The van der Waals surface area contributed by atoms with E-state index in [0.29, 0.717) is 39.6 Å². The maximum Gasteiger partial charge on any atom is 0.144 e. The molecule has 182 valence electrons. The van der Waals surface area contributed by atoms with Crippen molar-refractivity contribution < 1.29 is 28.4 Å². The molecular formula is C18H42O6S4Si2. The molecule has 0 aromatic heterocycles. The predicted molar refractivity (Wildman–Crippen MR) is 142 cm³/mol. The average Bonchev–Trinajstić information content (AvgIpc) is 2.66. The third-order valence-corrected chi connectivity index (χ3v) is 12.5. The molecule has 0 radical (unpaired) electrons. The molecule has 0 spiro atoms. The highest BCUT2D eigenvalue weighted by atomic mass is 33.7. The first-order valence-electron chi connectivity index (χ1n) is 10.8. The minimum Gasteiger partial charge on any atom is -0.367 e. The first kappa shape index (κ1) is 31.6. The highest BCUT2D eigenvalue weighted by molar-refractivity contribution is 9.26. The Morgan fingerprint density at radius 1 is 0.567 bits per heavy atom. The fraction of sp³-hybridized carbons (Fsp3) is 1.00. The van der Waals surface area contributed by atoms with E-state index in [4.69, 9.17) is 28.4 Å². The van der Waals surface area contributed by atoms with Crippen LogP contribution in [-0.2, 0) is 28.4 Å². The molecule has 6 nitrogen and oxygen atoms in total. The Hall–Kier alpha value is 1.59. The van der Waals surface area contributed by atoms with E-state index in [9.17, 15) is 0 Å². The average molecular weight is 539 g/mol. The van der Waals surface area contributed by atoms with E-state index in [1.54, 1.807) is 41.2 Å². The molecule has 2 atom stereocenters. The molecule has 0 amide bonds. The van der Waals surface area contributed by atoms with Crippen molar-refractivity contribution in [3.63, 3.8) is 0 Å². The summed E-state index contributed by atoms with van der Waals surface area (Å²) in [5, 5.41) is 0. The van der Waals surface area contributed by atoms with E-state index >= 15 is 0 Å². The molecule has 12 heteroatoms. The molecule has 0 N–H and O–H groups in total. The van der Waals surface area contributed by atoms with E-state index in [-0.39, 0.29) is 10.9 Å². The molecule has 0 aromatic carbocycles. The van der Waals surface area contributed by atoms with Gasteiger partial charge < -0.3 is 28.4 Å². The number of ether oxygens (including phenoxy) is 6. The van der Waals surface area contributed by atoms with Crippen molar-refractivity contribution in [3.8, 4) is 0 Å². The third kappa shape index (κ3) is 14.7. The van der Waals surface area contributed by atoms with E-state index in [2.05, 4.69) is 0 Å². The van der Waals surface area contributed by atoms with Gasteiger partial charge in [0.15, 0.2) is 0 Å². The number of hydrogen-bond donors (Lipinski definition) is 0. The summed E-state index contributed by atoms with van der Waals surface area (Å²) in [5.41, 5.74) is -0.967. The van der Waals surface area contributed by atoms with Gasteiger partial charge in [-0.25, -0.2) is 0 Å². The lowest BCUT2D eigenvalue weighted by Crippen LogP contribution is -2.40. The molecular weight excluding hydrogens is 497 g/mol. The maximum atomic E-state index is 5.95. The van der Waals surface area contributed by atoms with E-state index in [1.165, 1.54) is 0 Å². The van der Waals surface area contributed by atoms with Crippen molar-refractivity contribution in [1.29, 1.82) is 0 Å².